The summed E-state index contributed by atoms with van der Waals surface area (Å²) in [4.78, 5) is 13.9. The van der Waals surface area contributed by atoms with Crippen molar-refractivity contribution in [2.45, 2.75) is 0 Å². The summed E-state index contributed by atoms with van der Waals surface area (Å²) < 4.78 is 5.09. The average molecular weight is 217 g/mol. The van der Waals surface area contributed by atoms with Crippen molar-refractivity contribution in [1.82, 2.24) is 4.98 Å². The number of H-pyrrole nitrogens is 1. The number of rotatable bonds is 3. The fraction of sp³-hybridized carbons (Fsp3) is 0.0833. The van der Waals surface area contributed by atoms with Crippen molar-refractivity contribution in [2.24, 2.45) is 0 Å². The Hall–Kier alpha value is -2.23. The second-order valence-electron chi connectivity index (χ2n) is 3.30. The highest BCUT2D eigenvalue weighted by Crippen LogP contribution is 2.25. The van der Waals surface area contributed by atoms with Crippen LogP contribution in [0.2, 0.25) is 0 Å². The van der Waals surface area contributed by atoms with Gasteiger partial charge in [0.2, 0.25) is 0 Å². The Morgan fingerprint density at radius 2 is 2.19 bits per heavy atom. The van der Waals surface area contributed by atoms with Gasteiger partial charge in [-0.15, -0.1) is 0 Å². The van der Waals surface area contributed by atoms with Crippen molar-refractivity contribution in [1.29, 1.82) is 0 Å². The third-order valence-corrected chi connectivity index (χ3v) is 2.34. The molecule has 0 fully saturated rings. The molecule has 0 unspecified atom stereocenters. The second-order valence-corrected chi connectivity index (χ2v) is 3.30. The third-order valence-electron chi connectivity index (χ3n) is 2.34. The van der Waals surface area contributed by atoms with Crippen LogP contribution in [0.4, 0.5) is 0 Å². The highest BCUT2D eigenvalue weighted by Gasteiger charge is 2.12. The summed E-state index contributed by atoms with van der Waals surface area (Å²) in [6, 6.07) is 8.80. The minimum Gasteiger partial charge on any atom is -0.497 e. The van der Waals surface area contributed by atoms with E-state index in [2.05, 4.69) is 4.98 Å². The molecule has 0 saturated heterocycles. The molecule has 0 saturated carbocycles. The molecule has 4 heteroatoms. The Morgan fingerprint density at radius 3 is 2.88 bits per heavy atom. The van der Waals surface area contributed by atoms with Crippen molar-refractivity contribution in [3.05, 3.63) is 42.1 Å². The highest BCUT2D eigenvalue weighted by molar-refractivity contribution is 5.95. The zero-order valence-corrected chi connectivity index (χ0v) is 8.73. The molecular formula is C12H11NO3. The Balaban J connectivity index is 2.50. The lowest BCUT2D eigenvalue weighted by molar-refractivity contribution is 0.0698. The summed E-state index contributed by atoms with van der Waals surface area (Å²) in [7, 11) is 1.58. The normalized spacial score (nSPS) is 10.1. The standard InChI is InChI=1S/C12H11NO3/c1-16-9-4-2-3-8(7-9)11-10(12(14)15)5-6-13-11/h2-7,13H,1H3,(H,14,15). The zero-order valence-electron chi connectivity index (χ0n) is 8.73. The first-order valence-corrected chi connectivity index (χ1v) is 4.77. The van der Waals surface area contributed by atoms with Crippen molar-refractivity contribution in [3.8, 4) is 17.0 Å². The number of aromatic carboxylic acids is 1. The van der Waals surface area contributed by atoms with Gasteiger partial charge in [0.1, 0.15) is 5.75 Å². The molecule has 4 nitrogen and oxygen atoms in total. The van der Waals surface area contributed by atoms with Gasteiger partial charge < -0.3 is 14.8 Å². The Morgan fingerprint density at radius 1 is 1.38 bits per heavy atom. The molecule has 0 atom stereocenters. The van der Waals surface area contributed by atoms with Crippen LogP contribution < -0.4 is 4.74 Å². The third kappa shape index (κ3) is 1.77. The maximum atomic E-state index is 11.0. The van der Waals surface area contributed by atoms with Crippen molar-refractivity contribution in [3.63, 3.8) is 0 Å². The predicted molar refractivity (Wildman–Crippen MR) is 59.7 cm³/mol. The van der Waals surface area contributed by atoms with Crippen LogP contribution >= 0.6 is 0 Å². The largest absolute Gasteiger partial charge is 0.497 e. The van der Waals surface area contributed by atoms with E-state index >= 15 is 0 Å². The Kier molecular flexibility index (Phi) is 2.64. The number of benzene rings is 1. The molecule has 0 aliphatic carbocycles. The summed E-state index contributed by atoms with van der Waals surface area (Å²) in [6.45, 7) is 0. The van der Waals surface area contributed by atoms with Crippen molar-refractivity contribution >= 4 is 5.97 Å². The topological polar surface area (TPSA) is 62.3 Å². The van der Waals surface area contributed by atoms with Gasteiger partial charge in [0, 0.05) is 11.8 Å². The lowest BCUT2D eigenvalue weighted by Gasteiger charge is -2.04. The lowest BCUT2D eigenvalue weighted by Crippen LogP contribution is -1.96. The molecular weight excluding hydrogens is 206 g/mol. The first kappa shape index (κ1) is 10.3. The number of aromatic amines is 1. The van der Waals surface area contributed by atoms with Gasteiger partial charge in [0.15, 0.2) is 0 Å². The summed E-state index contributed by atoms with van der Waals surface area (Å²) in [5.74, 6) is -0.248. The number of methoxy groups -OCH3 is 1. The number of carbonyl (C=O) groups is 1. The Labute approximate surface area is 92.5 Å². The van der Waals surface area contributed by atoms with E-state index in [1.54, 1.807) is 19.4 Å². The summed E-state index contributed by atoms with van der Waals surface area (Å²) in [5.41, 5.74) is 1.64. The van der Waals surface area contributed by atoms with Gasteiger partial charge in [-0.2, -0.15) is 0 Å². The first-order valence-electron chi connectivity index (χ1n) is 4.77. The van der Waals surface area contributed by atoms with Gasteiger partial charge in [0.05, 0.1) is 18.4 Å². The molecule has 0 radical (unpaired) electrons. The summed E-state index contributed by atoms with van der Waals surface area (Å²) >= 11 is 0. The maximum Gasteiger partial charge on any atom is 0.337 e. The fourth-order valence-corrected chi connectivity index (χ4v) is 1.57. The number of nitrogens with one attached hydrogen (secondary N) is 1. The van der Waals surface area contributed by atoms with E-state index in [0.717, 1.165) is 5.56 Å². The molecule has 0 amide bonds. The number of hydrogen-bond acceptors (Lipinski definition) is 2. The summed E-state index contributed by atoms with van der Waals surface area (Å²) in [5, 5.41) is 8.99. The average Bonchev–Trinajstić information content (AvgIpc) is 2.78. The van der Waals surface area contributed by atoms with Crippen LogP contribution in [-0.4, -0.2) is 23.2 Å². The van der Waals surface area contributed by atoms with Gasteiger partial charge in [0.25, 0.3) is 0 Å². The molecule has 2 N–H and O–H groups in total. The van der Waals surface area contributed by atoms with Crippen molar-refractivity contribution in [2.75, 3.05) is 7.11 Å². The molecule has 16 heavy (non-hydrogen) atoms. The highest BCUT2D eigenvalue weighted by atomic mass is 16.5. The van der Waals surface area contributed by atoms with E-state index < -0.39 is 5.97 Å². The van der Waals surface area contributed by atoms with Crippen LogP contribution in [0.5, 0.6) is 5.75 Å². The van der Waals surface area contributed by atoms with Crippen LogP contribution in [0.1, 0.15) is 10.4 Å². The van der Waals surface area contributed by atoms with Crippen LogP contribution in [-0.2, 0) is 0 Å². The number of carboxylic acid groups (broad SMARTS) is 1. The van der Waals surface area contributed by atoms with E-state index in [9.17, 15) is 4.79 Å². The van der Waals surface area contributed by atoms with Gasteiger partial charge in [-0.1, -0.05) is 12.1 Å². The van der Waals surface area contributed by atoms with Gasteiger partial charge >= 0.3 is 5.97 Å². The molecule has 2 aromatic rings. The van der Waals surface area contributed by atoms with Gasteiger partial charge in [-0.25, -0.2) is 4.79 Å². The van der Waals surface area contributed by atoms with Gasteiger partial charge in [-0.05, 0) is 18.2 Å². The number of aromatic nitrogens is 1. The zero-order chi connectivity index (χ0) is 11.5. The molecule has 0 aliphatic rings. The first-order chi connectivity index (χ1) is 7.72. The van der Waals surface area contributed by atoms with Crippen LogP contribution in [0, 0.1) is 0 Å². The molecule has 82 valence electrons. The second kappa shape index (κ2) is 4.10. The number of ether oxygens (including phenoxy) is 1. The SMILES string of the molecule is COc1cccc(-c2[nH]ccc2C(=O)O)c1. The van der Waals surface area contributed by atoms with Gasteiger partial charge in [-0.3, -0.25) is 0 Å². The molecule has 0 bridgehead atoms. The summed E-state index contributed by atoms with van der Waals surface area (Å²) in [6.07, 6.45) is 1.61. The quantitative estimate of drug-likeness (QED) is 0.829. The minimum atomic E-state index is -0.945. The van der Waals surface area contributed by atoms with Crippen LogP contribution in [0.25, 0.3) is 11.3 Å². The van der Waals surface area contributed by atoms with Crippen molar-refractivity contribution < 1.29 is 14.6 Å². The molecule has 1 aromatic heterocycles. The van der Waals surface area contributed by atoms with E-state index in [4.69, 9.17) is 9.84 Å². The molecule has 2 rings (SSSR count). The number of carboxylic acids is 1. The molecule has 1 heterocycles. The predicted octanol–water partition coefficient (Wildman–Crippen LogP) is 2.39. The fourth-order valence-electron chi connectivity index (χ4n) is 1.57. The van der Waals surface area contributed by atoms with E-state index in [-0.39, 0.29) is 5.56 Å². The molecule has 0 spiro atoms. The van der Waals surface area contributed by atoms with E-state index in [1.165, 1.54) is 6.07 Å². The maximum absolute atomic E-state index is 11.0. The molecule has 0 aliphatic heterocycles. The van der Waals surface area contributed by atoms with E-state index in [0.29, 0.717) is 11.4 Å². The lowest BCUT2D eigenvalue weighted by atomic mass is 10.1. The minimum absolute atomic E-state index is 0.258. The van der Waals surface area contributed by atoms with Crippen LogP contribution in [0.3, 0.4) is 0 Å². The molecule has 1 aromatic carbocycles. The van der Waals surface area contributed by atoms with E-state index in [1.807, 2.05) is 18.2 Å². The smallest absolute Gasteiger partial charge is 0.337 e. The number of hydrogen-bond donors (Lipinski definition) is 2. The monoisotopic (exact) mass is 217 g/mol. The Bertz CT molecular complexity index is 516. The van der Waals surface area contributed by atoms with Crippen LogP contribution in [0.15, 0.2) is 36.5 Å².